The van der Waals surface area contributed by atoms with Crippen molar-refractivity contribution in [1.29, 1.82) is 0 Å². The van der Waals surface area contributed by atoms with Crippen LogP contribution in [-0.2, 0) is 0 Å². The minimum absolute atomic E-state index is 0. The second-order valence-corrected chi connectivity index (χ2v) is 4.68. The van der Waals surface area contributed by atoms with Crippen molar-refractivity contribution in [2.45, 2.75) is 45.2 Å². The lowest BCUT2D eigenvalue weighted by Gasteiger charge is -2.22. The van der Waals surface area contributed by atoms with Gasteiger partial charge in [-0.3, -0.25) is 4.99 Å². The molecule has 5 heteroatoms. The number of nitrogens with one attached hydrogen (secondary N) is 2. The molecule has 2 N–H and O–H groups in total. The van der Waals surface area contributed by atoms with Gasteiger partial charge in [0.15, 0.2) is 5.96 Å². The molecule has 1 aliphatic heterocycles. The number of hydrogen-bond donors (Lipinski definition) is 2. The van der Waals surface area contributed by atoms with Gasteiger partial charge in [-0.2, -0.15) is 0 Å². The van der Waals surface area contributed by atoms with Crippen molar-refractivity contribution in [2.24, 2.45) is 4.99 Å². The fourth-order valence-electron chi connectivity index (χ4n) is 1.98. The van der Waals surface area contributed by atoms with E-state index in [4.69, 9.17) is 0 Å². The fraction of sp³-hybridized carbons (Fsp3) is 0.917. The summed E-state index contributed by atoms with van der Waals surface area (Å²) >= 11 is 0. The predicted octanol–water partition coefficient (Wildman–Crippen LogP) is 1.66. The molecule has 2 atom stereocenters. The molecule has 0 aromatic heterocycles. The number of rotatable bonds is 4. The van der Waals surface area contributed by atoms with E-state index in [1.54, 1.807) is 0 Å². The van der Waals surface area contributed by atoms with Crippen LogP contribution in [0.3, 0.4) is 0 Å². The third-order valence-electron chi connectivity index (χ3n) is 3.40. The molecule has 0 radical (unpaired) electrons. The van der Waals surface area contributed by atoms with Crippen molar-refractivity contribution in [3.05, 3.63) is 0 Å². The smallest absolute Gasteiger partial charge is 0.191 e. The normalized spacial score (nSPS) is 23.1. The zero-order chi connectivity index (χ0) is 12.0. The van der Waals surface area contributed by atoms with Gasteiger partial charge in [-0.15, -0.1) is 24.0 Å². The Morgan fingerprint density at radius 2 is 2.24 bits per heavy atom. The molecule has 1 aliphatic rings. The average Bonchev–Trinajstić information content (AvgIpc) is 2.69. The zero-order valence-corrected chi connectivity index (χ0v) is 13.8. The summed E-state index contributed by atoms with van der Waals surface area (Å²) in [5.41, 5.74) is 0. The maximum atomic E-state index is 4.24. The van der Waals surface area contributed by atoms with Crippen LogP contribution in [0.4, 0.5) is 0 Å². The maximum Gasteiger partial charge on any atom is 0.191 e. The molecule has 0 bridgehead atoms. The third kappa shape index (κ3) is 5.90. The van der Waals surface area contributed by atoms with Gasteiger partial charge >= 0.3 is 0 Å². The lowest BCUT2D eigenvalue weighted by Crippen LogP contribution is -2.46. The van der Waals surface area contributed by atoms with E-state index in [-0.39, 0.29) is 24.0 Å². The lowest BCUT2D eigenvalue weighted by molar-refractivity contribution is 0.309. The summed E-state index contributed by atoms with van der Waals surface area (Å²) in [5, 5.41) is 6.78. The lowest BCUT2D eigenvalue weighted by atomic mass is 10.2. The van der Waals surface area contributed by atoms with Gasteiger partial charge < -0.3 is 15.5 Å². The average molecular weight is 354 g/mol. The number of nitrogens with zero attached hydrogens (tertiary/aromatic N) is 2. The van der Waals surface area contributed by atoms with Gasteiger partial charge in [0.25, 0.3) is 0 Å². The molecule has 0 aromatic carbocycles. The van der Waals surface area contributed by atoms with Crippen LogP contribution in [0.1, 0.15) is 33.1 Å². The summed E-state index contributed by atoms with van der Waals surface area (Å²) in [6.45, 7) is 6.57. The Bertz CT molecular complexity index is 233. The van der Waals surface area contributed by atoms with Gasteiger partial charge in [0.2, 0.25) is 0 Å². The van der Waals surface area contributed by atoms with Crippen molar-refractivity contribution in [3.8, 4) is 0 Å². The number of halogens is 1. The second kappa shape index (κ2) is 8.97. The molecule has 0 aromatic rings. The Hall–Kier alpha value is -0.0400. The Balaban J connectivity index is 0.00000256. The third-order valence-corrected chi connectivity index (χ3v) is 3.40. The minimum atomic E-state index is 0. The van der Waals surface area contributed by atoms with Crippen LogP contribution < -0.4 is 10.6 Å². The second-order valence-electron chi connectivity index (χ2n) is 4.68. The van der Waals surface area contributed by atoms with Gasteiger partial charge in [-0.05, 0) is 39.8 Å². The highest BCUT2D eigenvalue weighted by Gasteiger charge is 2.20. The van der Waals surface area contributed by atoms with Crippen LogP contribution >= 0.6 is 24.0 Å². The summed E-state index contributed by atoms with van der Waals surface area (Å²) in [7, 11) is 4.03. The number of hydrogen-bond acceptors (Lipinski definition) is 2. The molecule has 102 valence electrons. The van der Waals surface area contributed by atoms with E-state index in [2.05, 4.69) is 41.4 Å². The summed E-state index contributed by atoms with van der Waals surface area (Å²) in [5.74, 6) is 0.926. The Morgan fingerprint density at radius 1 is 1.53 bits per heavy atom. The van der Waals surface area contributed by atoms with Gasteiger partial charge in [0.05, 0.1) is 0 Å². The standard InChI is InChI=1S/C12H26N4.HI/c1-5-10(2)15-12(13-3)14-9-11-7-6-8-16(11)4;/h10-11H,5-9H2,1-4H3,(H2,13,14,15);1H. The van der Waals surface area contributed by atoms with Crippen molar-refractivity contribution in [1.82, 2.24) is 15.5 Å². The first-order valence-electron chi connectivity index (χ1n) is 6.34. The summed E-state index contributed by atoms with van der Waals surface area (Å²) in [4.78, 5) is 6.66. The molecule has 17 heavy (non-hydrogen) atoms. The molecule has 0 amide bonds. The SMILES string of the molecule is CCC(C)NC(=NC)NCC1CCCN1C.I. The highest BCUT2D eigenvalue weighted by Crippen LogP contribution is 2.13. The molecule has 0 spiro atoms. The summed E-state index contributed by atoms with van der Waals surface area (Å²) in [6.07, 6.45) is 3.73. The largest absolute Gasteiger partial charge is 0.355 e. The minimum Gasteiger partial charge on any atom is -0.355 e. The van der Waals surface area contributed by atoms with E-state index in [0.717, 1.165) is 18.9 Å². The number of likely N-dealkylation sites (N-methyl/N-ethyl adjacent to an activating group) is 1. The summed E-state index contributed by atoms with van der Waals surface area (Å²) < 4.78 is 0. The van der Waals surface area contributed by atoms with Crippen molar-refractivity contribution >= 4 is 29.9 Å². The number of likely N-dealkylation sites (tertiary alicyclic amines) is 1. The first kappa shape index (κ1) is 17.0. The molecule has 1 fully saturated rings. The number of guanidine groups is 1. The Labute approximate surface area is 123 Å². The monoisotopic (exact) mass is 354 g/mol. The first-order valence-corrected chi connectivity index (χ1v) is 6.34. The van der Waals surface area contributed by atoms with Crippen LogP contribution in [-0.4, -0.2) is 50.1 Å². The molecular formula is C12H27IN4. The highest BCUT2D eigenvalue weighted by molar-refractivity contribution is 14.0. The first-order chi connectivity index (χ1) is 7.67. The quantitative estimate of drug-likeness (QED) is 0.458. The zero-order valence-electron chi connectivity index (χ0n) is 11.5. The van der Waals surface area contributed by atoms with Crippen LogP contribution in [0, 0.1) is 0 Å². The Kier molecular flexibility index (Phi) is 8.94. The topological polar surface area (TPSA) is 39.7 Å². The van der Waals surface area contributed by atoms with Crippen molar-refractivity contribution in [2.75, 3.05) is 27.2 Å². The van der Waals surface area contributed by atoms with Gasteiger partial charge in [0.1, 0.15) is 0 Å². The van der Waals surface area contributed by atoms with E-state index in [1.807, 2.05) is 7.05 Å². The van der Waals surface area contributed by atoms with Crippen molar-refractivity contribution < 1.29 is 0 Å². The van der Waals surface area contributed by atoms with E-state index < -0.39 is 0 Å². The van der Waals surface area contributed by atoms with Crippen molar-refractivity contribution in [3.63, 3.8) is 0 Å². The van der Waals surface area contributed by atoms with Crippen LogP contribution in [0.5, 0.6) is 0 Å². The molecule has 2 unspecified atom stereocenters. The van der Waals surface area contributed by atoms with E-state index in [1.165, 1.54) is 19.4 Å². The molecule has 1 rings (SSSR count). The molecule has 0 aliphatic carbocycles. The van der Waals surface area contributed by atoms with Crippen LogP contribution in [0.15, 0.2) is 4.99 Å². The Morgan fingerprint density at radius 3 is 2.71 bits per heavy atom. The fourth-order valence-corrected chi connectivity index (χ4v) is 1.98. The molecule has 1 heterocycles. The van der Waals surface area contributed by atoms with Crippen LogP contribution in [0.25, 0.3) is 0 Å². The van der Waals surface area contributed by atoms with Gasteiger partial charge in [-0.25, -0.2) is 0 Å². The summed E-state index contributed by atoms with van der Waals surface area (Å²) in [6, 6.07) is 1.14. The molecular weight excluding hydrogens is 327 g/mol. The predicted molar refractivity (Wildman–Crippen MR) is 85.3 cm³/mol. The molecule has 0 saturated carbocycles. The van der Waals surface area contributed by atoms with E-state index in [9.17, 15) is 0 Å². The molecule has 1 saturated heterocycles. The van der Waals surface area contributed by atoms with Gasteiger partial charge in [-0.1, -0.05) is 6.92 Å². The number of aliphatic imine (C=N–C) groups is 1. The highest BCUT2D eigenvalue weighted by atomic mass is 127. The molecule has 4 nitrogen and oxygen atoms in total. The maximum absolute atomic E-state index is 4.24. The van der Waals surface area contributed by atoms with E-state index in [0.29, 0.717) is 12.1 Å². The van der Waals surface area contributed by atoms with E-state index >= 15 is 0 Å². The van der Waals surface area contributed by atoms with Crippen LogP contribution in [0.2, 0.25) is 0 Å². The van der Waals surface area contributed by atoms with Gasteiger partial charge in [0, 0.05) is 25.7 Å².